The number of hydrogen-bond acceptors (Lipinski definition) is 9. The Morgan fingerprint density at radius 3 is 1.24 bits per heavy atom. The third kappa shape index (κ3) is 9.56. The molecule has 0 unspecified atom stereocenters. The van der Waals surface area contributed by atoms with Crippen molar-refractivity contribution < 1.29 is 38.2 Å². The summed E-state index contributed by atoms with van der Waals surface area (Å²) >= 11 is 0. The summed E-state index contributed by atoms with van der Waals surface area (Å²) in [6, 6.07) is 22.2. The van der Waals surface area contributed by atoms with Gasteiger partial charge >= 0.3 is 12.2 Å². The van der Waals surface area contributed by atoms with Gasteiger partial charge in [0, 0.05) is 18.8 Å². The molecule has 3 aromatic carbocycles. The Morgan fingerprint density at radius 1 is 0.582 bits per heavy atom. The zero-order chi connectivity index (χ0) is 49.4. The number of hydrogen-bond donors (Lipinski definition) is 4. The van der Waals surface area contributed by atoms with Crippen molar-refractivity contribution >= 4 is 41.5 Å². The van der Waals surface area contributed by atoms with Gasteiger partial charge in [0.25, 0.3) is 0 Å². The number of methoxy groups -OCH3 is 2. The molecule has 3 heterocycles. The van der Waals surface area contributed by atoms with Gasteiger partial charge in [0.05, 0.1) is 26.3 Å². The number of nitrogens with two attached hydrogens (primary N) is 2. The summed E-state index contributed by atoms with van der Waals surface area (Å²) < 4.78 is 9.70. The Hall–Kier alpha value is -6.12. The van der Waals surface area contributed by atoms with E-state index in [0.717, 1.165) is 29.7 Å². The number of amides is 6. The number of primary amides is 2. The molecule has 67 heavy (non-hydrogen) atoms. The number of rotatable bonds is 11. The van der Waals surface area contributed by atoms with E-state index < -0.39 is 69.8 Å². The number of anilines is 1. The second-order valence-electron chi connectivity index (χ2n) is 21.6. The van der Waals surface area contributed by atoms with Crippen molar-refractivity contribution in [3.8, 4) is 0 Å². The Bertz CT molecular complexity index is 2200. The fraction of sp³-hybridized carbons (Fsp3) is 0.538. The Kier molecular flexibility index (Phi) is 14.2. The summed E-state index contributed by atoms with van der Waals surface area (Å²) in [5.41, 5.74) is 13.6. The number of benzene rings is 3. The number of likely N-dealkylation sites (tertiary alicyclic amines) is 2. The molecule has 0 aromatic heterocycles. The van der Waals surface area contributed by atoms with Gasteiger partial charge in [-0.1, -0.05) is 123 Å². The van der Waals surface area contributed by atoms with Crippen LogP contribution in [-0.2, 0) is 45.1 Å². The van der Waals surface area contributed by atoms with Gasteiger partial charge in [-0.05, 0) is 94.7 Å². The maximum Gasteiger partial charge on any atom is 0.407 e. The molecule has 0 radical (unpaired) electrons. The van der Waals surface area contributed by atoms with Crippen molar-refractivity contribution in [3.05, 3.63) is 101 Å². The average Bonchev–Trinajstić information content (AvgIpc) is 4.05. The number of ether oxygens (including phenoxy) is 2. The largest absolute Gasteiger partial charge is 0.453 e. The maximum atomic E-state index is 14.4. The van der Waals surface area contributed by atoms with Gasteiger partial charge in [-0.15, -0.1) is 0 Å². The molecule has 15 nitrogen and oxygen atoms in total. The van der Waals surface area contributed by atoms with Crippen LogP contribution in [0.25, 0.3) is 0 Å². The minimum atomic E-state index is -1.42. The van der Waals surface area contributed by atoms with Crippen LogP contribution >= 0.6 is 0 Å². The second-order valence-corrected chi connectivity index (χ2v) is 21.6. The van der Waals surface area contributed by atoms with Crippen molar-refractivity contribution in [3.63, 3.8) is 0 Å². The highest BCUT2D eigenvalue weighted by atomic mass is 16.5. The predicted octanol–water partition coefficient (Wildman–Crippen LogP) is 7.21. The van der Waals surface area contributed by atoms with Gasteiger partial charge in [-0.25, -0.2) is 9.59 Å². The average molecular weight is 922 g/mol. The van der Waals surface area contributed by atoms with E-state index in [1.165, 1.54) is 29.6 Å². The van der Waals surface area contributed by atoms with Crippen LogP contribution in [0, 0.1) is 10.8 Å². The van der Waals surface area contributed by atoms with Gasteiger partial charge in [0.15, 0.2) is 0 Å². The zero-order valence-corrected chi connectivity index (χ0v) is 41.2. The fourth-order valence-corrected chi connectivity index (χ4v) is 10.5. The first-order valence-corrected chi connectivity index (χ1v) is 23.3. The minimum absolute atomic E-state index is 0.0592. The molecule has 6 rings (SSSR count). The third-order valence-corrected chi connectivity index (χ3v) is 14.2. The quantitative estimate of drug-likeness (QED) is 0.153. The summed E-state index contributed by atoms with van der Waals surface area (Å²) in [7, 11) is 2.48. The molecule has 3 aliphatic rings. The van der Waals surface area contributed by atoms with Crippen LogP contribution < -0.4 is 27.0 Å². The van der Waals surface area contributed by atoms with Crippen molar-refractivity contribution in [2.75, 3.05) is 32.2 Å². The molecule has 0 bridgehead atoms. The molecule has 6 N–H and O–H groups in total. The van der Waals surface area contributed by atoms with Gasteiger partial charge in [-0.2, -0.15) is 0 Å². The highest BCUT2D eigenvalue weighted by Gasteiger charge is 2.54. The zero-order valence-electron chi connectivity index (χ0n) is 41.2. The first-order chi connectivity index (χ1) is 31.3. The first-order valence-electron chi connectivity index (χ1n) is 23.3. The molecule has 3 saturated heterocycles. The van der Waals surface area contributed by atoms with Gasteiger partial charge in [0.2, 0.25) is 23.6 Å². The summed E-state index contributed by atoms with van der Waals surface area (Å²) in [5.74, 6) is -2.10. The summed E-state index contributed by atoms with van der Waals surface area (Å²) in [6.07, 6.45) is 1.86. The lowest BCUT2D eigenvalue weighted by atomic mass is 9.82. The maximum absolute atomic E-state index is 14.4. The number of alkyl carbamates (subject to hydrolysis) is 2. The van der Waals surface area contributed by atoms with E-state index in [4.69, 9.17) is 20.9 Å². The topological polar surface area (TPSA) is 207 Å². The van der Waals surface area contributed by atoms with Crippen molar-refractivity contribution in [2.45, 2.75) is 141 Å². The second kappa shape index (κ2) is 18.9. The Balaban J connectivity index is 1.36. The smallest absolute Gasteiger partial charge is 0.407 e. The number of carbonyl (C=O) groups is 6. The van der Waals surface area contributed by atoms with Crippen LogP contribution in [0.5, 0.6) is 0 Å². The van der Waals surface area contributed by atoms with Crippen LogP contribution in [0.3, 0.4) is 0 Å². The van der Waals surface area contributed by atoms with Crippen LogP contribution in [0.1, 0.15) is 141 Å². The van der Waals surface area contributed by atoms with Crippen molar-refractivity contribution in [2.24, 2.45) is 22.3 Å². The highest BCUT2D eigenvalue weighted by Crippen LogP contribution is 2.49. The molecule has 15 heteroatoms. The van der Waals surface area contributed by atoms with Crippen LogP contribution in [-0.4, -0.2) is 85.0 Å². The van der Waals surface area contributed by atoms with Gasteiger partial charge in [0.1, 0.15) is 23.2 Å². The molecular weight excluding hydrogens is 851 g/mol. The van der Waals surface area contributed by atoms with E-state index in [1.807, 2.05) is 90.1 Å². The molecule has 6 amide bonds. The highest BCUT2D eigenvalue weighted by molar-refractivity contribution is 5.96. The van der Waals surface area contributed by atoms with E-state index in [2.05, 4.69) is 60.6 Å². The molecule has 0 spiro atoms. The SMILES string of the molecule is COC(=O)N[C@H](C(=O)N1CCC[C@@]1(C(N)=O)c1ccc([C@H]2CC[C@H](c3ccc([C@]4(C(N)=O)CCCN4C(=O)[C@@H](NC(=O)OC)C(C)(C)C)cc3)N2c2ccc(C(C)(C)C)cc2)cc1)C(C)(C)C. The molecule has 0 saturated carbocycles. The Morgan fingerprint density at radius 2 is 0.940 bits per heavy atom. The summed E-state index contributed by atoms with van der Waals surface area (Å²) in [5, 5.41) is 5.38. The van der Waals surface area contributed by atoms with Crippen molar-refractivity contribution in [1.29, 1.82) is 0 Å². The van der Waals surface area contributed by atoms with E-state index in [0.29, 0.717) is 49.9 Å². The van der Waals surface area contributed by atoms with Gasteiger partial charge < -0.3 is 46.3 Å². The lowest BCUT2D eigenvalue weighted by molar-refractivity contribution is -0.147. The molecule has 3 fully saturated rings. The van der Waals surface area contributed by atoms with Crippen molar-refractivity contribution in [1.82, 2.24) is 20.4 Å². The fourth-order valence-electron chi connectivity index (χ4n) is 10.5. The molecule has 0 aliphatic carbocycles. The standard InChI is InChI=1S/C52H71N7O8/c1-48(2,3)34-22-24-37(25-23-34)59-38(32-14-18-35(19-15-32)51(44(53)62)28-12-30-57(51)42(60)40(49(4,5)6)55-46(64)66-10)26-27-39(59)33-16-20-36(21-17-33)52(45(54)63)29-13-31-58(52)43(61)41(50(7,8)9)56-47(65)67-11/h14-25,38-41H,12-13,26-31H2,1-11H3,(H2,53,62)(H2,54,63)(H,55,64)(H,56,65)/t38-,39-,40-,41-,51+,52+/m1/s1. The normalized spacial score (nSPS) is 23.1. The van der Waals surface area contributed by atoms with E-state index >= 15 is 0 Å². The first kappa shape index (κ1) is 50.3. The monoisotopic (exact) mass is 922 g/mol. The van der Waals surface area contributed by atoms with E-state index in [9.17, 15) is 28.8 Å². The molecule has 3 aliphatic heterocycles. The molecule has 362 valence electrons. The van der Waals surface area contributed by atoms with Crippen LogP contribution in [0.2, 0.25) is 0 Å². The number of nitrogens with zero attached hydrogens (tertiary/aromatic N) is 3. The van der Waals surface area contributed by atoms with Gasteiger partial charge in [-0.3, -0.25) is 19.2 Å². The van der Waals surface area contributed by atoms with Crippen LogP contribution in [0.15, 0.2) is 72.8 Å². The Labute approximate surface area is 395 Å². The lowest BCUT2D eigenvalue weighted by Gasteiger charge is -2.41. The summed E-state index contributed by atoms with van der Waals surface area (Å²) in [6.45, 7) is 18.2. The third-order valence-electron chi connectivity index (χ3n) is 14.2. The van der Waals surface area contributed by atoms with Crippen LogP contribution in [0.4, 0.5) is 15.3 Å². The van der Waals surface area contributed by atoms with E-state index in [1.54, 1.807) is 0 Å². The number of nitrogens with one attached hydrogen (secondary N) is 2. The molecular formula is C52H71N7O8. The lowest BCUT2D eigenvalue weighted by Crippen LogP contribution is -2.61. The number of carbonyl (C=O) groups excluding carboxylic acids is 6. The minimum Gasteiger partial charge on any atom is -0.453 e. The van der Waals surface area contributed by atoms with E-state index in [-0.39, 0.29) is 17.5 Å². The predicted molar refractivity (Wildman–Crippen MR) is 256 cm³/mol. The summed E-state index contributed by atoms with van der Waals surface area (Å²) in [4.78, 5) is 86.3. The molecule has 3 aromatic rings. The molecule has 6 atom stereocenters.